The van der Waals surface area contributed by atoms with Gasteiger partial charge in [-0.05, 0) is 38.0 Å². The molecule has 122 valence electrons. The van der Waals surface area contributed by atoms with Gasteiger partial charge in [0.05, 0.1) is 19.0 Å². The number of thioether (sulfide) groups is 1. The first-order valence-electron chi connectivity index (χ1n) is 7.55. The molecule has 22 heavy (non-hydrogen) atoms. The van der Waals surface area contributed by atoms with Crippen LogP contribution in [0.3, 0.4) is 0 Å². The maximum atomic E-state index is 11.6. The first kappa shape index (κ1) is 18.4. The maximum absolute atomic E-state index is 11.6. The zero-order chi connectivity index (χ0) is 16.2. The van der Waals surface area contributed by atoms with Gasteiger partial charge in [0, 0.05) is 12.3 Å². The van der Waals surface area contributed by atoms with Crippen molar-refractivity contribution in [2.75, 3.05) is 31.3 Å². The molecule has 1 aromatic rings. The summed E-state index contributed by atoms with van der Waals surface area (Å²) in [5.41, 5.74) is 1.12. The minimum atomic E-state index is 0.0582. The summed E-state index contributed by atoms with van der Waals surface area (Å²) in [4.78, 5) is 11.6. The second-order valence-corrected chi connectivity index (χ2v) is 5.58. The van der Waals surface area contributed by atoms with Crippen molar-refractivity contribution in [1.82, 2.24) is 5.32 Å². The Morgan fingerprint density at radius 1 is 1.27 bits per heavy atom. The largest absolute Gasteiger partial charge is 0.490 e. The van der Waals surface area contributed by atoms with Crippen molar-refractivity contribution >= 4 is 17.7 Å². The van der Waals surface area contributed by atoms with Crippen LogP contribution in [0.15, 0.2) is 30.9 Å². The zero-order valence-corrected chi connectivity index (χ0v) is 14.2. The van der Waals surface area contributed by atoms with Gasteiger partial charge in [-0.3, -0.25) is 4.79 Å². The fourth-order valence-electron chi connectivity index (χ4n) is 1.88. The van der Waals surface area contributed by atoms with E-state index >= 15 is 0 Å². The van der Waals surface area contributed by atoms with Crippen molar-refractivity contribution < 1.29 is 14.3 Å². The van der Waals surface area contributed by atoms with E-state index in [4.69, 9.17) is 9.47 Å². The molecule has 1 aromatic carbocycles. The predicted molar refractivity (Wildman–Crippen MR) is 93.0 cm³/mol. The number of amides is 1. The summed E-state index contributed by atoms with van der Waals surface area (Å²) in [7, 11) is 0. The van der Waals surface area contributed by atoms with Gasteiger partial charge in [0.1, 0.15) is 0 Å². The van der Waals surface area contributed by atoms with Crippen molar-refractivity contribution in [1.29, 1.82) is 0 Å². The smallest absolute Gasteiger partial charge is 0.230 e. The second-order valence-electron chi connectivity index (χ2n) is 4.55. The average Bonchev–Trinajstić information content (AvgIpc) is 2.50. The molecule has 0 aliphatic carbocycles. The number of hydrogen-bond acceptors (Lipinski definition) is 4. The monoisotopic (exact) mass is 323 g/mol. The maximum Gasteiger partial charge on any atom is 0.230 e. The molecule has 0 saturated carbocycles. The molecule has 0 atom stereocenters. The Balaban J connectivity index is 2.46. The van der Waals surface area contributed by atoms with E-state index in [9.17, 15) is 4.79 Å². The van der Waals surface area contributed by atoms with Crippen LogP contribution in [0.25, 0.3) is 0 Å². The van der Waals surface area contributed by atoms with Gasteiger partial charge < -0.3 is 14.8 Å². The third kappa shape index (κ3) is 6.89. The molecule has 0 aliphatic rings. The number of carbonyl (C=O) groups excluding carboxylic acids is 1. The first-order valence-corrected chi connectivity index (χ1v) is 8.70. The highest BCUT2D eigenvalue weighted by molar-refractivity contribution is 8.00. The summed E-state index contributed by atoms with van der Waals surface area (Å²) >= 11 is 1.56. The molecule has 1 N–H and O–H groups in total. The molecule has 0 heterocycles. The first-order chi connectivity index (χ1) is 10.7. The molecule has 0 bridgehead atoms. The SMILES string of the molecule is C=CCSCC(=O)NCCc1ccc(OCC)c(OCC)c1. The van der Waals surface area contributed by atoms with Crippen molar-refractivity contribution in [2.24, 2.45) is 0 Å². The minimum Gasteiger partial charge on any atom is -0.490 e. The predicted octanol–water partition coefficient (Wildman–Crippen LogP) is 3.06. The van der Waals surface area contributed by atoms with E-state index in [2.05, 4.69) is 11.9 Å². The Bertz CT molecular complexity index is 477. The molecular formula is C17H25NO3S. The minimum absolute atomic E-state index is 0.0582. The molecule has 4 nitrogen and oxygen atoms in total. The third-order valence-corrected chi connectivity index (χ3v) is 3.75. The summed E-state index contributed by atoms with van der Waals surface area (Å²) in [6, 6.07) is 5.91. The van der Waals surface area contributed by atoms with Crippen molar-refractivity contribution in [3.63, 3.8) is 0 Å². The van der Waals surface area contributed by atoms with Crippen LogP contribution in [0, 0.1) is 0 Å². The van der Waals surface area contributed by atoms with E-state index in [-0.39, 0.29) is 5.91 Å². The van der Waals surface area contributed by atoms with Crippen LogP contribution in [-0.4, -0.2) is 37.2 Å². The molecule has 5 heteroatoms. The molecule has 1 rings (SSSR count). The Hall–Kier alpha value is -1.62. The van der Waals surface area contributed by atoms with Crippen LogP contribution in [0.5, 0.6) is 11.5 Å². The van der Waals surface area contributed by atoms with E-state index in [0.29, 0.717) is 25.5 Å². The lowest BCUT2D eigenvalue weighted by atomic mass is 10.1. The highest BCUT2D eigenvalue weighted by atomic mass is 32.2. The summed E-state index contributed by atoms with van der Waals surface area (Å²) in [6.45, 7) is 9.35. The van der Waals surface area contributed by atoms with Gasteiger partial charge in [-0.15, -0.1) is 18.3 Å². The lowest BCUT2D eigenvalue weighted by molar-refractivity contribution is -0.118. The molecule has 0 fully saturated rings. The van der Waals surface area contributed by atoms with Gasteiger partial charge in [0.25, 0.3) is 0 Å². The Labute approximate surface area is 137 Å². The molecule has 0 spiro atoms. The van der Waals surface area contributed by atoms with Crippen molar-refractivity contribution in [3.05, 3.63) is 36.4 Å². The number of rotatable bonds is 11. The summed E-state index contributed by atoms with van der Waals surface area (Å²) < 4.78 is 11.1. The van der Waals surface area contributed by atoms with Crippen LogP contribution in [0.2, 0.25) is 0 Å². The number of ether oxygens (including phenoxy) is 2. The van der Waals surface area contributed by atoms with Crippen molar-refractivity contribution in [3.8, 4) is 11.5 Å². The van der Waals surface area contributed by atoms with Crippen LogP contribution >= 0.6 is 11.8 Å². The standard InChI is InChI=1S/C17H25NO3S/c1-4-11-22-13-17(19)18-10-9-14-7-8-15(20-5-2)16(12-14)21-6-3/h4,7-8,12H,1,5-6,9-11,13H2,2-3H3,(H,18,19). The average molecular weight is 323 g/mol. The van der Waals surface area contributed by atoms with E-state index in [1.54, 1.807) is 17.8 Å². The normalized spacial score (nSPS) is 10.1. The topological polar surface area (TPSA) is 47.6 Å². The lowest BCUT2D eigenvalue weighted by Gasteiger charge is -2.12. The molecular weight excluding hydrogens is 298 g/mol. The van der Waals surface area contributed by atoms with Gasteiger partial charge in [-0.2, -0.15) is 0 Å². The van der Waals surface area contributed by atoms with Gasteiger partial charge in [0.2, 0.25) is 5.91 Å². The molecule has 0 saturated heterocycles. The number of benzene rings is 1. The fraction of sp³-hybridized carbons (Fsp3) is 0.471. The number of hydrogen-bond donors (Lipinski definition) is 1. The summed E-state index contributed by atoms with van der Waals surface area (Å²) in [5, 5.41) is 2.92. The second kappa shape index (κ2) is 11.0. The van der Waals surface area contributed by atoms with Gasteiger partial charge in [0.15, 0.2) is 11.5 Å². The molecule has 0 unspecified atom stereocenters. The van der Waals surface area contributed by atoms with Crippen LogP contribution in [-0.2, 0) is 11.2 Å². The number of carbonyl (C=O) groups is 1. The van der Waals surface area contributed by atoms with Crippen molar-refractivity contribution in [2.45, 2.75) is 20.3 Å². The lowest BCUT2D eigenvalue weighted by Crippen LogP contribution is -2.27. The highest BCUT2D eigenvalue weighted by Crippen LogP contribution is 2.28. The Morgan fingerprint density at radius 3 is 2.68 bits per heavy atom. The summed E-state index contributed by atoms with van der Waals surface area (Å²) in [6.07, 6.45) is 2.57. The molecule has 0 aromatic heterocycles. The Morgan fingerprint density at radius 2 is 2.00 bits per heavy atom. The zero-order valence-electron chi connectivity index (χ0n) is 13.4. The van der Waals surface area contributed by atoms with Crippen LogP contribution in [0.1, 0.15) is 19.4 Å². The highest BCUT2D eigenvalue weighted by Gasteiger charge is 2.06. The summed E-state index contributed by atoms with van der Waals surface area (Å²) in [5.74, 6) is 2.85. The molecule has 0 radical (unpaired) electrons. The van der Waals surface area contributed by atoms with Gasteiger partial charge in [-0.1, -0.05) is 12.1 Å². The van der Waals surface area contributed by atoms with E-state index in [1.165, 1.54) is 0 Å². The van der Waals surface area contributed by atoms with Gasteiger partial charge in [-0.25, -0.2) is 0 Å². The van der Waals surface area contributed by atoms with E-state index in [1.807, 2.05) is 32.0 Å². The van der Waals surface area contributed by atoms with Crippen LogP contribution in [0.4, 0.5) is 0 Å². The van der Waals surface area contributed by atoms with E-state index < -0.39 is 0 Å². The van der Waals surface area contributed by atoms with Crippen LogP contribution < -0.4 is 14.8 Å². The number of nitrogens with one attached hydrogen (secondary N) is 1. The molecule has 1 amide bonds. The van der Waals surface area contributed by atoms with E-state index in [0.717, 1.165) is 29.2 Å². The molecule has 0 aliphatic heterocycles. The Kier molecular flexibility index (Phi) is 9.23. The van der Waals surface area contributed by atoms with Gasteiger partial charge >= 0.3 is 0 Å². The fourth-order valence-corrected chi connectivity index (χ4v) is 2.46. The third-order valence-electron chi connectivity index (χ3n) is 2.81. The quantitative estimate of drug-likeness (QED) is 0.502.